The molecule has 2 aromatic rings. The van der Waals surface area contributed by atoms with Gasteiger partial charge in [-0.1, -0.05) is 23.2 Å². The summed E-state index contributed by atoms with van der Waals surface area (Å²) in [5.41, 5.74) is 1.59. The zero-order chi connectivity index (χ0) is 21.8. The molecule has 0 saturated carbocycles. The molecule has 0 spiro atoms. The van der Waals surface area contributed by atoms with Crippen molar-refractivity contribution in [1.82, 2.24) is 14.7 Å². The minimum absolute atomic E-state index is 0.0136. The van der Waals surface area contributed by atoms with Crippen molar-refractivity contribution in [3.05, 3.63) is 39.6 Å². The molecule has 10 heteroatoms. The second kappa shape index (κ2) is 9.57. The highest BCUT2D eigenvalue weighted by Gasteiger charge is 2.25. The van der Waals surface area contributed by atoms with E-state index in [9.17, 15) is 9.59 Å². The van der Waals surface area contributed by atoms with Crippen LogP contribution in [0, 0.1) is 6.92 Å². The normalized spacial score (nSPS) is 14.0. The van der Waals surface area contributed by atoms with Crippen LogP contribution in [0.2, 0.25) is 10.0 Å². The van der Waals surface area contributed by atoms with Gasteiger partial charge in [0.1, 0.15) is 12.3 Å². The number of hydrogen-bond donors (Lipinski definition) is 0. The molecule has 0 bridgehead atoms. The van der Waals surface area contributed by atoms with Gasteiger partial charge in [0.15, 0.2) is 5.69 Å². The Hall–Kier alpha value is -2.45. The molecule has 8 nitrogen and oxygen atoms in total. The van der Waals surface area contributed by atoms with Gasteiger partial charge in [-0.2, -0.15) is 5.10 Å². The predicted molar refractivity (Wildman–Crippen MR) is 115 cm³/mol. The molecule has 1 aromatic carbocycles. The molecule has 0 aliphatic carbocycles. The minimum atomic E-state index is -0.594. The van der Waals surface area contributed by atoms with Gasteiger partial charge in [0, 0.05) is 37.9 Å². The number of aromatic nitrogens is 2. The lowest BCUT2D eigenvalue weighted by molar-refractivity contribution is -0.132. The third-order valence-corrected chi connectivity index (χ3v) is 5.78. The standard InChI is InChI=1S/C20H24Cl2N4O4/c1-4-30-20(28)19-18(22)13(2)26(23-19)12-17(27)25-9-7-24(8-10-25)14-5-6-15(21)16(11-14)29-3/h5-6,11H,4,7-10,12H2,1-3H3. The summed E-state index contributed by atoms with van der Waals surface area (Å²) >= 11 is 12.3. The molecule has 162 valence electrons. The van der Waals surface area contributed by atoms with Gasteiger partial charge < -0.3 is 19.3 Å². The number of rotatable bonds is 6. The van der Waals surface area contributed by atoms with E-state index in [1.165, 1.54) is 4.68 Å². The second-order valence-electron chi connectivity index (χ2n) is 6.81. The molecular formula is C20H24Cl2N4O4. The molecule has 0 N–H and O–H groups in total. The van der Waals surface area contributed by atoms with Crippen molar-refractivity contribution < 1.29 is 19.1 Å². The van der Waals surface area contributed by atoms with Crippen LogP contribution in [0.1, 0.15) is 23.1 Å². The number of hydrogen-bond acceptors (Lipinski definition) is 6. The van der Waals surface area contributed by atoms with E-state index in [1.807, 2.05) is 12.1 Å². The Morgan fingerprint density at radius 2 is 1.87 bits per heavy atom. The lowest BCUT2D eigenvalue weighted by Gasteiger charge is -2.36. The van der Waals surface area contributed by atoms with Gasteiger partial charge in [-0.25, -0.2) is 4.79 Å². The van der Waals surface area contributed by atoms with Crippen LogP contribution in [-0.4, -0.2) is 66.5 Å². The van der Waals surface area contributed by atoms with Crippen molar-refractivity contribution in [2.45, 2.75) is 20.4 Å². The fourth-order valence-corrected chi connectivity index (χ4v) is 3.70. The van der Waals surface area contributed by atoms with E-state index in [-0.39, 0.29) is 29.8 Å². The Kier molecular flexibility index (Phi) is 7.10. The number of carbonyl (C=O) groups is 2. The summed E-state index contributed by atoms with van der Waals surface area (Å²) in [7, 11) is 1.58. The number of ether oxygens (including phenoxy) is 2. The van der Waals surface area contributed by atoms with Gasteiger partial charge in [-0.3, -0.25) is 9.48 Å². The molecule has 1 aliphatic rings. The number of nitrogens with zero attached hydrogens (tertiary/aromatic N) is 4. The number of anilines is 1. The zero-order valence-corrected chi connectivity index (χ0v) is 18.7. The van der Waals surface area contributed by atoms with Crippen LogP contribution < -0.4 is 9.64 Å². The van der Waals surface area contributed by atoms with Gasteiger partial charge >= 0.3 is 5.97 Å². The Labute approximate surface area is 185 Å². The number of esters is 1. The van der Waals surface area contributed by atoms with Crippen LogP contribution in [0.3, 0.4) is 0 Å². The predicted octanol–water partition coefficient (Wildman–Crippen LogP) is 3.03. The molecule has 1 saturated heterocycles. The molecule has 1 aromatic heterocycles. The first kappa shape index (κ1) is 22.2. The number of methoxy groups -OCH3 is 1. The van der Waals surface area contributed by atoms with E-state index in [2.05, 4.69) is 10.00 Å². The van der Waals surface area contributed by atoms with E-state index < -0.39 is 5.97 Å². The summed E-state index contributed by atoms with van der Waals surface area (Å²) in [5.74, 6) is -0.0547. The van der Waals surface area contributed by atoms with Gasteiger partial charge in [0.05, 0.1) is 29.5 Å². The maximum absolute atomic E-state index is 12.8. The fraction of sp³-hybridized carbons (Fsp3) is 0.450. The highest BCUT2D eigenvalue weighted by molar-refractivity contribution is 6.34. The van der Waals surface area contributed by atoms with Gasteiger partial charge in [0.25, 0.3) is 0 Å². The maximum atomic E-state index is 12.8. The van der Waals surface area contributed by atoms with Crippen LogP contribution in [0.4, 0.5) is 5.69 Å². The van der Waals surface area contributed by atoms with Crippen LogP contribution in [0.25, 0.3) is 0 Å². The van der Waals surface area contributed by atoms with Crippen LogP contribution in [-0.2, 0) is 16.1 Å². The molecule has 3 rings (SSSR count). The number of amides is 1. The SMILES string of the molecule is CCOC(=O)c1nn(CC(=O)N2CCN(c3ccc(Cl)c(OC)c3)CC2)c(C)c1Cl. The number of benzene rings is 1. The first-order valence-corrected chi connectivity index (χ1v) is 10.4. The zero-order valence-electron chi connectivity index (χ0n) is 17.2. The third kappa shape index (κ3) is 4.65. The maximum Gasteiger partial charge on any atom is 0.360 e. The number of piperazine rings is 1. The summed E-state index contributed by atoms with van der Waals surface area (Å²) in [6.45, 7) is 6.18. The molecule has 2 heterocycles. The highest BCUT2D eigenvalue weighted by Crippen LogP contribution is 2.30. The van der Waals surface area contributed by atoms with Crippen molar-refractivity contribution in [3.63, 3.8) is 0 Å². The topological polar surface area (TPSA) is 76.9 Å². The van der Waals surface area contributed by atoms with Crippen molar-refractivity contribution in [2.75, 3.05) is 44.8 Å². The molecule has 1 fully saturated rings. The lowest BCUT2D eigenvalue weighted by Crippen LogP contribution is -2.49. The summed E-state index contributed by atoms with van der Waals surface area (Å²) in [6.07, 6.45) is 0. The molecular weight excluding hydrogens is 431 g/mol. The molecule has 0 unspecified atom stereocenters. The van der Waals surface area contributed by atoms with E-state index in [4.69, 9.17) is 32.7 Å². The van der Waals surface area contributed by atoms with Crippen molar-refractivity contribution in [1.29, 1.82) is 0 Å². The van der Waals surface area contributed by atoms with E-state index in [0.29, 0.717) is 42.6 Å². The first-order valence-electron chi connectivity index (χ1n) is 9.62. The quantitative estimate of drug-likeness (QED) is 0.624. The molecule has 0 atom stereocenters. The summed E-state index contributed by atoms with van der Waals surface area (Å²) in [4.78, 5) is 28.7. The van der Waals surface area contributed by atoms with Gasteiger partial charge in [-0.15, -0.1) is 0 Å². The van der Waals surface area contributed by atoms with Crippen molar-refractivity contribution >= 4 is 40.8 Å². The largest absolute Gasteiger partial charge is 0.495 e. The second-order valence-corrected chi connectivity index (χ2v) is 7.60. The molecule has 0 radical (unpaired) electrons. The van der Waals surface area contributed by atoms with Crippen LogP contribution in [0.5, 0.6) is 5.75 Å². The fourth-order valence-electron chi connectivity index (χ4n) is 3.30. The van der Waals surface area contributed by atoms with Crippen LogP contribution in [0.15, 0.2) is 18.2 Å². The molecule has 1 amide bonds. The Morgan fingerprint density at radius 1 is 1.17 bits per heavy atom. The Balaban J connectivity index is 1.62. The molecule has 1 aliphatic heterocycles. The smallest absolute Gasteiger partial charge is 0.360 e. The molecule has 30 heavy (non-hydrogen) atoms. The monoisotopic (exact) mass is 454 g/mol. The number of carbonyl (C=O) groups excluding carboxylic acids is 2. The third-order valence-electron chi connectivity index (χ3n) is 5.02. The van der Waals surface area contributed by atoms with E-state index in [0.717, 1.165) is 5.69 Å². The van der Waals surface area contributed by atoms with Crippen LogP contribution >= 0.6 is 23.2 Å². The summed E-state index contributed by atoms with van der Waals surface area (Å²) < 4.78 is 11.7. The average Bonchev–Trinajstić information content (AvgIpc) is 3.03. The highest BCUT2D eigenvalue weighted by atomic mass is 35.5. The van der Waals surface area contributed by atoms with Gasteiger partial charge in [0.2, 0.25) is 5.91 Å². The summed E-state index contributed by atoms with van der Waals surface area (Å²) in [6, 6.07) is 5.64. The minimum Gasteiger partial charge on any atom is -0.495 e. The van der Waals surface area contributed by atoms with Crippen molar-refractivity contribution in [2.24, 2.45) is 0 Å². The lowest BCUT2D eigenvalue weighted by atomic mass is 10.2. The number of halogens is 2. The Bertz CT molecular complexity index is 939. The first-order chi connectivity index (χ1) is 14.3. The van der Waals surface area contributed by atoms with E-state index >= 15 is 0 Å². The van der Waals surface area contributed by atoms with Gasteiger partial charge in [-0.05, 0) is 26.0 Å². The summed E-state index contributed by atoms with van der Waals surface area (Å²) in [5, 5.41) is 4.95. The van der Waals surface area contributed by atoms with E-state index in [1.54, 1.807) is 31.9 Å². The average molecular weight is 455 g/mol. The Morgan fingerprint density at radius 3 is 2.50 bits per heavy atom. The van der Waals surface area contributed by atoms with Crippen molar-refractivity contribution in [3.8, 4) is 5.75 Å².